The molecule has 0 saturated heterocycles. The van der Waals surface area contributed by atoms with Gasteiger partial charge in [0.1, 0.15) is 5.82 Å². The highest BCUT2D eigenvalue weighted by Crippen LogP contribution is 2.28. The topological polar surface area (TPSA) is 94.5 Å². The summed E-state index contributed by atoms with van der Waals surface area (Å²) in [6, 6.07) is 15.0. The Balaban J connectivity index is 1.67. The first kappa shape index (κ1) is 25.8. The van der Waals surface area contributed by atoms with Crippen molar-refractivity contribution in [3.05, 3.63) is 71.4 Å². The van der Waals surface area contributed by atoms with E-state index in [0.717, 1.165) is 5.56 Å². The molecule has 8 heteroatoms. The molecule has 0 spiro atoms. The fraction of sp³-hybridized carbons (Fsp3) is 0.370. The Morgan fingerprint density at radius 2 is 1.74 bits per heavy atom. The standard InChI is InChI=1S/C27H34N4O4/c1-18(2)29-25(32)17-35-22-12-9-20(15-23(22)34-6)26(33)30-24-13-14-28-31(24)16-19-7-10-21(11-8-19)27(3,4)5/h7-15,18H,16-17H2,1-6H3,(H,29,32)(H,30,33). The number of hydrogen-bond donors (Lipinski definition) is 2. The number of nitrogens with one attached hydrogen (secondary N) is 2. The van der Waals surface area contributed by atoms with Crippen LogP contribution in [0.1, 0.15) is 56.1 Å². The number of ether oxygens (including phenoxy) is 2. The highest BCUT2D eigenvalue weighted by Gasteiger charge is 2.16. The van der Waals surface area contributed by atoms with Crippen LogP contribution in [-0.4, -0.2) is 41.4 Å². The summed E-state index contributed by atoms with van der Waals surface area (Å²) in [5.41, 5.74) is 2.83. The van der Waals surface area contributed by atoms with Crippen LogP contribution in [0.25, 0.3) is 0 Å². The molecular formula is C27H34N4O4. The third kappa shape index (κ3) is 7.09. The fourth-order valence-electron chi connectivity index (χ4n) is 3.47. The molecule has 2 N–H and O–H groups in total. The molecule has 186 valence electrons. The maximum Gasteiger partial charge on any atom is 0.258 e. The van der Waals surface area contributed by atoms with Crippen LogP contribution in [0.5, 0.6) is 11.5 Å². The van der Waals surface area contributed by atoms with Gasteiger partial charge in [-0.3, -0.25) is 9.59 Å². The molecule has 0 fully saturated rings. The number of carbonyl (C=O) groups is 2. The van der Waals surface area contributed by atoms with E-state index < -0.39 is 0 Å². The molecule has 3 aromatic rings. The number of benzene rings is 2. The number of methoxy groups -OCH3 is 1. The highest BCUT2D eigenvalue weighted by atomic mass is 16.5. The monoisotopic (exact) mass is 478 g/mol. The van der Waals surface area contributed by atoms with E-state index in [0.29, 0.717) is 29.4 Å². The largest absolute Gasteiger partial charge is 0.493 e. The van der Waals surface area contributed by atoms with Crippen LogP contribution in [0, 0.1) is 0 Å². The number of rotatable bonds is 9. The number of hydrogen-bond acceptors (Lipinski definition) is 5. The second-order valence-corrected chi connectivity index (χ2v) is 9.65. The van der Waals surface area contributed by atoms with Crippen LogP contribution in [0.4, 0.5) is 5.82 Å². The number of aromatic nitrogens is 2. The van der Waals surface area contributed by atoms with Crippen LogP contribution < -0.4 is 20.1 Å². The maximum atomic E-state index is 12.9. The summed E-state index contributed by atoms with van der Waals surface area (Å²) in [6.45, 7) is 10.7. The lowest BCUT2D eigenvalue weighted by molar-refractivity contribution is -0.123. The Bertz CT molecular complexity index is 1160. The molecule has 0 saturated carbocycles. The van der Waals surface area contributed by atoms with Gasteiger partial charge in [0, 0.05) is 17.7 Å². The number of amides is 2. The van der Waals surface area contributed by atoms with Crippen molar-refractivity contribution in [2.75, 3.05) is 19.0 Å². The zero-order valence-electron chi connectivity index (χ0n) is 21.2. The van der Waals surface area contributed by atoms with E-state index in [1.165, 1.54) is 12.7 Å². The molecule has 0 radical (unpaired) electrons. The number of anilines is 1. The van der Waals surface area contributed by atoms with Gasteiger partial charge in [-0.05, 0) is 48.6 Å². The van der Waals surface area contributed by atoms with E-state index in [4.69, 9.17) is 9.47 Å². The summed E-state index contributed by atoms with van der Waals surface area (Å²) in [5.74, 6) is 0.788. The SMILES string of the molecule is COc1cc(C(=O)Nc2ccnn2Cc2ccc(C(C)(C)C)cc2)ccc1OCC(=O)NC(C)C. The molecular weight excluding hydrogens is 444 g/mol. The van der Waals surface area contributed by atoms with Gasteiger partial charge in [-0.2, -0.15) is 5.10 Å². The second kappa shape index (κ2) is 11.1. The van der Waals surface area contributed by atoms with Crippen molar-refractivity contribution in [3.8, 4) is 11.5 Å². The first-order valence-electron chi connectivity index (χ1n) is 11.6. The number of carbonyl (C=O) groups excluding carboxylic acids is 2. The molecule has 35 heavy (non-hydrogen) atoms. The van der Waals surface area contributed by atoms with Crippen molar-refractivity contribution in [3.63, 3.8) is 0 Å². The zero-order valence-corrected chi connectivity index (χ0v) is 21.2. The third-order valence-electron chi connectivity index (χ3n) is 5.34. The van der Waals surface area contributed by atoms with Crippen molar-refractivity contribution < 1.29 is 19.1 Å². The molecule has 0 atom stereocenters. The van der Waals surface area contributed by atoms with Gasteiger partial charge < -0.3 is 20.1 Å². The van der Waals surface area contributed by atoms with Gasteiger partial charge in [-0.15, -0.1) is 0 Å². The molecule has 0 aliphatic carbocycles. The van der Waals surface area contributed by atoms with Gasteiger partial charge >= 0.3 is 0 Å². The van der Waals surface area contributed by atoms with Crippen molar-refractivity contribution >= 4 is 17.6 Å². The Kier molecular flexibility index (Phi) is 8.17. The lowest BCUT2D eigenvalue weighted by Gasteiger charge is -2.19. The predicted molar refractivity (Wildman–Crippen MR) is 136 cm³/mol. The Morgan fingerprint density at radius 3 is 2.37 bits per heavy atom. The van der Waals surface area contributed by atoms with Crippen molar-refractivity contribution in [2.24, 2.45) is 0 Å². The average Bonchev–Trinajstić information content (AvgIpc) is 3.23. The van der Waals surface area contributed by atoms with E-state index in [-0.39, 0.29) is 29.9 Å². The third-order valence-corrected chi connectivity index (χ3v) is 5.34. The Labute approximate surface area is 206 Å². The summed E-state index contributed by atoms with van der Waals surface area (Å²) in [5, 5.41) is 10.0. The van der Waals surface area contributed by atoms with E-state index in [1.807, 2.05) is 13.8 Å². The molecule has 8 nitrogen and oxygen atoms in total. The van der Waals surface area contributed by atoms with Crippen molar-refractivity contribution in [1.82, 2.24) is 15.1 Å². The smallest absolute Gasteiger partial charge is 0.258 e. The molecule has 0 bridgehead atoms. The number of nitrogens with zero attached hydrogens (tertiary/aromatic N) is 2. The van der Waals surface area contributed by atoms with Gasteiger partial charge in [0.15, 0.2) is 18.1 Å². The van der Waals surface area contributed by atoms with Gasteiger partial charge in [-0.25, -0.2) is 4.68 Å². The molecule has 0 aliphatic heterocycles. The summed E-state index contributed by atoms with van der Waals surface area (Å²) in [7, 11) is 1.48. The quantitative estimate of drug-likeness (QED) is 0.476. The van der Waals surface area contributed by atoms with Crippen LogP contribution in [0.15, 0.2) is 54.7 Å². The highest BCUT2D eigenvalue weighted by molar-refractivity contribution is 6.04. The lowest BCUT2D eigenvalue weighted by Crippen LogP contribution is -2.34. The molecule has 0 aliphatic rings. The average molecular weight is 479 g/mol. The molecule has 1 heterocycles. The first-order chi connectivity index (χ1) is 16.6. The summed E-state index contributed by atoms with van der Waals surface area (Å²) < 4.78 is 12.7. The van der Waals surface area contributed by atoms with Crippen molar-refractivity contribution in [1.29, 1.82) is 0 Å². The Morgan fingerprint density at radius 1 is 1.03 bits per heavy atom. The first-order valence-corrected chi connectivity index (χ1v) is 11.6. The Hall–Kier alpha value is -3.81. The summed E-state index contributed by atoms with van der Waals surface area (Å²) >= 11 is 0. The normalized spacial score (nSPS) is 11.3. The predicted octanol–water partition coefficient (Wildman–Crippen LogP) is 4.39. The van der Waals surface area contributed by atoms with E-state index >= 15 is 0 Å². The molecule has 3 rings (SSSR count). The second-order valence-electron chi connectivity index (χ2n) is 9.65. The summed E-state index contributed by atoms with van der Waals surface area (Å²) in [4.78, 5) is 24.8. The van der Waals surface area contributed by atoms with Gasteiger partial charge in [0.05, 0.1) is 19.9 Å². The molecule has 0 unspecified atom stereocenters. The van der Waals surface area contributed by atoms with Crippen LogP contribution >= 0.6 is 0 Å². The molecule has 2 amide bonds. The van der Waals surface area contributed by atoms with Crippen molar-refractivity contribution in [2.45, 2.75) is 52.6 Å². The van der Waals surface area contributed by atoms with E-state index in [1.54, 1.807) is 35.1 Å². The maximum absolute atomic E-state index is 12.9. The molecule has 2 aromatic carbocycles. The minimum absolute atomic E-state index is 0.0235. The van der Waals surface area contributed by atoms with Gasteiger partial charge in [0.25, 0.3) is 11.8 Å². The van der Waals surface area contributed by atoms with Gasteiger partial charge in [-0.1, -0.05) is 45.0 Å². The molecule has 1 aromatic heterocycles. The van der Waals surface area contributed by atoms with Gasteiger partial charge in [0.2, 0.25) is 0 Å². The lowest BCUT2D eigenvalue weighted by atomic mass is 9.87. The zero-order chi connectivity index (χ0) is 25.6. The summed E-state index contributed by atoms with van der Waals surface area (Å²) in [6.07, 6.45) is 1.65. The fourth-order valence-corrected chi connectivity index (χ4v) is 3.47. The van der Waals surface area contributed by atoms with Crippen LogP contribution in [0.3, 0.4) is 0 Å². The minimum atomic E-state index is -0.308. The van der Waals surface area contributed by atoms with E-state index in [2.05, 4.69) is 60.8 Å². The van der Waals surface area contributed by atoms with E-state index in [9.17, 15) is 9.59 Å². The van der Waals surface area contributed by atoms with Crippen LogP contribution in [0.2, 0.25) is 0 Å². The minimum Gasteiger partial charge on any atom is -0.493 e. The van der Waals surface area contributed by atoms with Crippen LogP contribution in [-0.2, 0) is 16.8 Å².